The highest BCUT2D eigenvalue weighted by Crippen LogP contribution is 2.27. The predicted molar refractivity (Wildman–Crippen MR) is 97.3 cm³/mol. The van der Waals surface area contributed by atoms with Crippen LogP contribution in [0.5, 0.6) is 0 Å². The molecule has 6 heteroatoms. The number of nitrogens with zero attached hydrogens (tertiary/aromatic N) is 4. The van der Waals surface area contributed by atoms with E-state index in [0.717, 1.165) is 50.7 Å². The zero-order chi connectivity index (χ0) is 16.5. The molecule has 0 aliphatic carbocycles. The number of hydrogen-bond acceptors (Lipinski definition) is 6. The van der Waals surface area contributed by atoms with Crippen LogP contribution in [0.15, 0.2) is 30.3 Å². The van der Waals surface area contributed by atoms with E-state index in [1.54, 1.807) is 0 Å². The van der Waals surface area contributed by atoms with Gasteiger partial charge in [0.1, 0.15) is 11.6 Å². The van der Waals surface area contributed by atoms with Crippen LogP contribution in [0.3, 0.4) is 0 Å². The first kappa shape index (κ1) is 15.2. The lowest BCUT2D eigenvalue weighted by Crippen LogP contribution is -2.32. The van der Waals surface area contributed by atoms with Gasteiger partial charge >= 0.3 is 0 Å². The Bertz CT molecular complexity index is 731. The van der Waals surface area contributed by atoms with E-state index in [0.29, 0.717) is 12.0 Å². The van der Waals surface area contributed by atoms with Crippen molar-refractivity contribution in [2.75, 3.05) is 42.2 Å². The smallest absolute Gasteiger partial charge is 0.223 e. The van der Waals surface area contributed by atoms with E-state index in [2.05, 4.69) is 55.4 Å². The van der Waals surface area contributed by atoms with E-state index >= 15 is 0 Å². The van der Waals surface area contributed by atoms with Crippen molar-refractivity contribution in [1.29, 1.82) is 0 Å². The highest BCUT2D eigenvalue weighted by atomic mass is 15.3. The van der Waals surface area contributed by atoms with Gasteiger partial charge in [0.25, 0.3) is 0 Å². The van der Waals surface area contributed by atoms with Gasteiger partial charge in [-0.15, -0.1) is 0 Å². The Labute approximate surface area is 142 Å². The molecule has 0 radical (unpaired) electrons. The third-order valence-corrected chi connectivity index (χ3v) is 5.09. The van der Waals surface area contributed by atoms with Crippen molar-refractivity contribution >= 4 is 17.6 Å². The molecular weight excluding hydrogens is 300 g/mol. The molecule has 126 valence electrons. The van der Waals surface area contributed by atoms with Gasteiger partial charge in [0.15, 0.2) is 0 Å². The largest absolute Gasteiger partial charge is 0.368 e. The lowest BCUT2D eigenvalue weighted by molar-refractivity contribution is 0.616. The lowest BCUT2D eigenvalue weighted by atomic mass is 10.00. The maximum absolute atomic E-state index is 6.00. The van der Waals surface area contributed by atoms with Gasteiger partial charge in [-0.3, -0.25) is 0 Å². The van der Waals surface area contributed by atoms with Gasteiger partial charge in [-0.25, -0.2) is 0 Å². The lowest BCUT2D eigenvalue weighted by Gasteiger charge is -2.30. The van der Waals surface area contributed by atoms with Crippen LogP contribution in [-0.4, -0.2) is 42.7 Å². The summed E-state index contributed by atoms with van der Waals surface area (Å²) in [7, 11) is 2.01. The van der Waals surface area contributed by atoms with E-state index in [9.17, 15) is 0 Å². The monoisotopic (exact) mass is 324 g/mol. The topological polar surface area (TPSA) is 70.3 Å². The van der Waals surface area contributed by atoms with Gasteiger partial charge in [0, 0.05) is 38.3 Å². The minimum atomic E-state index is 0.356. The Morgan fingerprint density at radius 3 is 2.58 bits per heavy atom. The van der Waals surface area contributed by atoms with Crippen LogP contribution in [0.2, 0.25) is 0 Å². The number of nitrogen functional groups attached to an aromatic ring is 1. The van der Waals surface area contributed by atoms with Crippen LogP contribution < -0.4 is 20.9 Å². The molecule has 1 atom stereocenters. The average Bonchev–Trinajstić information content (AvgIpc) is 3.10. The molecule has 1 unspecified atom stereocenters. The van der Waals surface area contributed by atoms with Crippen molar-refractivity contribution in [3.05, 3.63) is 41.5 Å². The number of rotatable bonds is 3. The highest BCUT2D eigenvalue weighted by molar-refractivity contribution is 5.56. The minimum Gasteiger partial charge on any atom is -0.368 e. The molecule has 0 spiro atoms. The molecule has 0 amide bonds. The van der Waals surface area contributed by atoms with E-state index < -0.39 is 0 Å². The maximum atomic E-state index is 6.00. The van der Waals surface area contributed by atoms with Crippen LogP contribution in [0, 0.1) is 0 Å². The Balaban J connectivity index is 1.58. The first-order valence-corrected chi connectivity index (χ1v) is 8.61. The minimum absolute atomic E-state index is 0.356. The van der Waals surface area contributed by atoms with Crippen molar-refractivity contribution in [1.82, 2.24) is 15.3 Å². The number of likely N-dealkylation sites (N-methyl/N-ethyl adjacent to an activating group) is 1. The third-order valence-electron chi connectivity index (χ3n) is 5.09. The first-order chi connectivity index (χ1) is 11.7. The van der Waals surface area contributed by atoms with Crippen molar-refractivity contribution in [2.24, 2.45) is 0 Å². The molecule has 1 aromatic heterocycles. The van der Waals surface area contributed by atoms with Crippen LogP contribution in [0.4, 0.5) is 17.6 Å². The maximum Gasteiger partial charge on any atom is 0.223 e. The summed E-state index contributed by atoms with van der Waals surface area (Å²) in [5.41, 5.74) is 8.82. The quantitative estimate of drug-likeness (QED) is 0.890. The first-order valence-electron chi connectivity index (χ1n) is 8.61. The molecule has 6 nitrogen and oxygen atoms in total. The summed E-state index contributed by atoms with van der Waals surface area (Å²) < 4.78 is 0. The Hall–Kier alpha value is -2.34. The summed E-state index contributed by atoms with van der Waals surface area (Å²) >= 11 is 0. The Kier molecular flexibility index (Phi) is 3.98. The molecule has 3 N–H and O–H groups in total. The van der Waals surface area contributed by atoms with Crippen LogP contribution >= 0.6 is 0 Å². The van der Waals surface area contributed by atoms with Crippen LogP contribution in [0.1, 0.15) is 17.5 Å². The summed E-state index contributed by atoms with van der Waals surface area (Å²) in [6.45, 7) is 3.82. The number of anilines is 3. The predicted octanol–water partition coefficient (Wildman–Crippen LogP) is 1.42. The number of hydrogen-bond donors (Lipinski definition) is 2. The second-order valence-electron chi connectivity index (χ2n) is 6.60. The van der Waals surface area contributed by atoms with Crippen molar-refractivity contribution in [3.8, 4) is 0 Å². The fourth-order valence-electron chi connectivity index (χ4n) is 3.66. The Morgan fingerprint density at radius 2 is 1.83 bits per heavy atom. The van der Waals surface area contributed by atoms with Crippen molar-refractivity contribution in [2.45, 2.75) is 25.4 Å². The SMILES string of the molecule is CNC1CCN(c2cc(N3CCc4ccccc4C3)nc(N)n2)C1. The van der Waals surface area contributed by atoms with Gasteiger partial charge in [0.2, 0.25) is 5.95 Å². The average molecular weight is 324 g/mol. The number of aromatic nitrogens is 2. The molecule has 2 aliphatic rings. The molecule has 0 bridgehead atoms. The van der Waals surface area contributed by atoms with E-state index in [1.807, 2.05) is 7.05 Å². The third kappa shape index (κ3) is 2.89. The molecule has 2 aliphatic heterocycles. The molecule has 0 saturated carbocycles. The summed E-state index contributed by atoms with van der Waals surface area (Å²) in [5, 5.41) is 3.34. The van der Waals surface area contributed by atoms with E-state index in [1.165, 1.54) is 11.1 Å². The molecule has 1 fully saturated rings. The normalized spacial score (nSPS) is 20.3. The molecule has 4 rings (SSSR count). The van der Waals surface area contributed by atoms with Gasteiger partial charge in [-0.05, 0) is 31.0 Å². The summed E-state index contributed by atoms with van der Waals surface area (Å²) in [4.78, 5) is 13.5. The number of benzene rings is 1. The van der Waals surface area contributed by atoms with Crippen molar-refractivity contribution < 1.29 is 0 Å². The molecule has 1 aromatic carbocycles. The highest BCUT2D eigenvalue weighted by Gasteiger charge is 2.24. The van der Waals surface area contributed by atoms with Gasteiger partial charge in [0.05, 0.1) is 0 Å². The standard InChI is InChI=1S/C18H24N6/c1-20-15-7-9-24(12-15)17-10-16(21-18(19)22-17)23-8-6-13-4-2-3-5-14(13)11-23/h2-5,10,15,20H,6-9,11-12H2,1H3,(H2,19,21,22). The number of nitrogens with two attached hydrogens (primary N) is 1. The Morgan fingerprint density at radius 1 is 1.08 bits per heavy atom. The van der Waals surface area contributed by atoms with Gasteiger partial charge in [-0.1, -0.05) is 24.3 Å². The molecular formula is C18H24N6. The van der Waals surface area contributed by atoms with Gasteiger partial charge < -0.3 is 20.9 Å². The molecule has 24 heavy (non-hydrogen) atoms. The van der Waals surface area contributed by atoms with Crippen LogP contribution in [-0.2, 0) is 13.0 Å². The van der Waals surface area contributed by atoms with E-state index in [-0.39, 0.29) is 0 Å². The number of nitrogens with one attached hydrogen (secondary N) is 1. The van der Waals surface area contributed by atoms with E-state index in [4.69, 9.17) is 5.73 Å². The zero-order valence-electron chi connectivity index (χ0n) is 14.1. The summed E-state index contributed by atoms with van der Waals surface area (Å²) in [5.74, 6) is 2.23. The van der Waals surface area contributed by atoms with Crippen molar-refractivity contribution in [3.63, 3.8) is 0 Å². The molecule has 3 heterocycles. The van der Waals surface area contributed by atoms with Gasteiger partial charge in [-0.2, -0.15) is 9.97 Å². The molecule has 2 aromatic rings. The fourth-order valence-corrected chi connectivity index (χ4v) is 3.66. The molecule has 1 saturated heterocycles. The second kappa shape index (κ2) is 6.28. The zero-order valence-corrected chi connectivity index (χ0v) is 14.1. The summed E-state index contributed by atoms with van der Waals surface area (Å²) in [6, 6.07) is 11.2. The number of fused-ring (bicyclic) bond motifs is 1. The second-order valence-corrected chi connectivity index (χ2v) is 6.60. The fraction of sp³-hybridized carbons (Fsp3) is 0.444. The summed E-state index contributed by atoms with van der Waals surface area (Å²) in [6.07, 6.45) is 2.17. The van der Waals surface area contributed by atoms with Crippen LogP contribution in [0.25, 0.3) is 0 Å².